The maximum Gasteiger partial charge on any atom is 0.194 e. The summed E-state index contributed by atoms with van der Waals surface area (Å²) in [4.78, 5) is 0. The van der Waals surface area contributed by atoms with Crippen LogP contribution in [0.3, 0.4) is 0 Å². The van der Waals surface area contributed by atoms with Gasteiger partial charge in [0.15, 0.2) is 17.5 Å². The average Bonchev–Trinajstić information content (AvgIpc) is 2.12. The molecule has 0 aliphatic rings. The third kappa shape index (κ3) is 1.83. The number of hydrogen-bond acceptors (Lipinski definition) is 1. The quantitative estimate of drug-likeness (QED) is 0.671. The molecule has 0 heterocycles. The summed E-state index contributed by atoms with van der Waals surface area (Å²) in [6.07, 6.45) is 1.48. The van der Waals surface area contributed by atoms with E-state index in [1.165, 1.54) is 6.08 Å². The Balaban J connectivity index is 3.29. The summed E-state index contributed by atoms with van der Waals surface area (Å²) in [6, 6.07) is 1.71. The van der Waals surface area contributed by atoms with E-state index in [2.05, 4.69) is 0 Å². The van der Waals surface area contributed by atoms with Gasteiger partial charge in [0.05, 0.1) is 0 Å². The molecule has 0 spiro atoms. The number of halogens is 3. The number of benzene rings is 1. The molecule has 0 atom stereocenters. The van der Waals surface area contributed by atoms with Gasteiger partial charge in [-0.1, -0.05) is 6.08 Å². The van der Waals surface area contributed by atoms with Gasteiger partial charge in [0.25, 0.3) is 0 Å². The van der Waals surface area contributed by atoms with Crippen molar-refractivity contribution < 1.29 is 13.2 Å². The van der Waals surface area contributed by atoms with Gasteiger partial charge in [-0.2, -0.15) is 0 Å². The second-order valence-corrected chi connectivity index (χ2v) is 2.50. The van der Waals surface area contributed by atoms with E-state index in [4.69, 9.17) is 5.73 Å². The van der Waals surface area contributed by atoms with Crippen molar-refractivity contribution in [3.63, 3.8) is 0 Å². The third-order valence-electron chi connectivity index (χ3n) is 1.63. The first-order valence-electron chi connectivity index (χ1n) is 3.63. The molecular weight excluding hydrogens is 179 g/mol. The Labute approximate surface area is 73.7 Å². The molecule has 1 aromatic carbocycles. The van der Waals surface area contributed by atoms with Crippen molar-refractivity contribution in [2.45, 2.75) is 6.92 Å². The van der Waals surface area contributed by atoms with Crippen molar-refractivity contribution in [1.29, 1.82) is 0 Å². The molecule has 1 rings (SSSR count). The molecular formula is C9H8F3N. The van der Waals surface area contributed by atoms with Crippen molar-refractivity contribution in [3.05, 3.63) is 41.2 Å². The lowest BCUT2D eigenvalue weighted by Crippen LogP contribution is -1.99. The standard InChI is InChI=1S/C9H8F3N/c1-2-8(13)5-3-6(10)9(12)7(11)4-5/h2-4H,13H2,1H3/b8-2-. The Hall–Kier alpha value is -1.45. The Morgan fingerprint density at radius 2 is 1.69 bits per heavy atom. The number of hydrogen-bond donors (Lipinski definition) is 1. The molecule has 1 aromatic rings. The zero-order valence-corrected chi connectivity index (χ0v) is 6.94. The molecule has 0 bridgehead atoms. The van der Waals surface area contributed by atoms with Gasteiger partial charge < -0.3 is 5.73 Å². The van der Waals surface area contributed by atoms with Crippen molar-refractivity contribution in [2.24, 2.45) is 5.73 Å². The van der Waals surface area contributed by atoms with Crippen LogP contribution in [0.1, 0.15) is 12.5 Å². The fourth-order valence-electron chi connectivity index (χ4n) is 0.889. The van der Waals surface area contributed by atoms with Crippen LogP contribution in [0.2, 0.25) is 0 Å². The molecule has 0 radical (unpaired) electrons. The minimum absolute atomic E-state index is 0.138. The van der Waals surface area contributed by atoms with E-state index in [-0.39, 0.29) is 11.3 Å². The maximum absolute atomic E-state index is 12.6. The fourth-order valence-corrected chi connectivity index (χ4v) is 0.889. The summed E-state index contributed by atoms with van der Waals surface area (Å²) < 4.78 is 37.7. The van der Waals surface area contributed by atoms with Crippen LogP contribution in [-0.4, -0.2) is 0 Å². The summed E-state index contributed by atoms with van der Waals surface area (Å²) in [5.74, 6) is -3.95. The van der Waals surface area contributed by atoms with Gasteiger partial charge in [-0.25, -0.2) is 13.2 Å². The Morgan fingerprint density at radius 3 is 2.08 bits per heavy atom. The molecule has 0 aromatic heterocycles. The second kappa shape index (κ2) is 3.51. The van der Waals surface area contributed by atoms with E-state index >= 15 is 0 Å². The maximum atomic E-state index is 12.6. The van der Waals surface area contributed by atoms with E-state index in [0.29, 0.717) is 0 Å². The highest BCUT2D eigenvalue weighted by Crippen LogP contribution is 2.16. The van der Waals surface area contributed by atoms with Crippen LogP contribution in [0.25, 0.3) is 5.70 Å². The number of nitrogens with two attached hydrogens (primary N) is 1. The summed E-state index contributed by atoms with van der Waals surface area (Å²) in [5.41, 5.74) is 5.73. The lowest BCUT2D eigenvalue weighted by Gasteiger charge is -2.02. The number of allylic oxidation sites excluding steroid dienone is 1. The Morgan fingerprint density at radius 1 is 1.23 bits per heavy atom. The smallest absolute Gasteiger partial charge is 0.194 e. The molecule has 0 fully saturated rings. The largest absolute Gasteiger partial charge is 0.399 e. The molecule has 13 heavy (non-hydrogen) atoms. The minimum Gasteiger partial charge on any atom is -0.399 e. The molecule has 0 unspecified atom stereocenters. The van der Waals surface area contributed by atoms with Crippen LogP contribution >= 0.6 is 0 Å². The van der Waals surface area contributed by atoms with E-state index < -0.39 is 17.5 Å². The first-order chi connectivity index (χ1) is 6.06. The topological polar surface area (TPSA) is 26.0 Å². The van der Waals surface area contributed by atoms with Crippen molar-refractivity contribution in [2.75, 3.05) is 0 Å². The van der Waals surface area contributed by atoms with Crippen molar-refractivity contribution in [3.8, 4) is 0 Å². The third-order valence-corrected chi connectivity index (χ3v) is 1.63. The highest BCUT2D eigenvalue weighted by atomic mass is 19.2. The second-order valence-electron chi connectivity index (χ2n) is 2.50. The molecule has 1 nitrogen and oxygen atoms in total. The Kier molecular flexibility index (Phi) is 2.60. The van der Waals surface area contributed by atoms with Crippen LogP contribution in [-0.2, 0) is 0 Å². The molecule has 0 aliphatic heterocycles. The Bertz CT molecular complexity index is 335. The molecule has 2 N–H and O–H groups in total. The first kappa shape index (κ1) is 9.64. The van der Waals surface area contributed by atoms with Crippen LogP contribution < -0.4 is 5.73 Å². The molecule has 0 amide bonds. The SMILES string of the molecule is C/C=C(\N)c1cc(F)c(F)c(F)c1. The van der Waals surface area contributed by atoms with E-state index in [0.717, 1.165) is 12.1 Å². The van der Waals surface area contributed by atoms with E-state index in [1.54, 1.807) is 6.92 Å². The monoisotopic (exact) mass is 187 g/mol. The van der Waals surface area contributed by atoms with Gasteiger partial charge >= 0.3 is 0 Å². The summed E-state index contributed by atoms with van der Waals surface area (Å²) in [7, 11) is 0. The van der Waals surface area contributed by atoms with Crippen LogP contribution in [0.15, 0.2) is 18.2 Å². The van der Waals surface area contributed by atoms with Gasteiger partial charge in [0.2, 0.25) is 0 Å². The first-order valence-corrected chi connectivity index (χ1v) is 3.63. The summed E-state index contributed by atoms with van der Waals surface area (Å²) in [6.45, 7) is 1.62. The lowest BCUT2D eigenvalue weighted by atomic mass is 10.1. The average molecular weight is 187 g/mol. The van der Waals surface area contributed by atoms with E-state index in [9.17, 15) is 13.2 Å². The van der Waals surface area contributed by atoms with Gasteiger partial charge in [-0.15, -0.1) is 0 Å². The zero-order chi connectivity index (χ0) is 10.0. The lowest BCUT2D eigenvalue weighted by molar-refractivity contribution is 0.446. The van der Waals surface area contributed by atoms with Crippen LogP contribution in [0, 0.1) is 17.5 Å². The van der Waals surface area contributed by atoms with Gasteiger partial charge in [-0.05, 0) is 19.1 Å². The molecule has 70 valence electrons. The molecule has 0 saturated carbocycles. The molecule has 4 heteroatoms. The van der Waals surface area contributed by atoms with Crippen molar-refractivity contribution in [1.82, 2.24) is 0 Å². The van der Waals surface area contributed by atoms with Gasteiger partial charge in [-0.3, -0.25) is 0 Å². The predicted octanol–water partition coefficient (Wildman–Crippen LogP) is 2.42. The van der Waals surface area contributed by atoms with E-state index in [1.807, 2.05) is 0 Å². The van der Waals surface area contributed by atoms with Crippen LogP contribution in [0.4, 0.5) is 13.2 Å². The predicted molar refractivity (Wildman–Crippen MR) is 44.2 cm³/mol. The zero-order valence-electron chi connectivity index (χ0n) is 6.94. The van der Waals surface area contributed by atoms with Gasteiger partial charge in [0.1, 0.15) is 0 Å². The van der Waals surface area contributed by atoms with Gasteiger partial charge in [0, 0.05) is 11.3 Å². The molecule has 0 saturated heterocycles. The number of rotatable bonds is 1. The van der Waals surface area contributed by atoms with Crippen LogP contribution in [0.5, 0.6) is 0 Å². The normalized spacial score (nSPS) is 11.8. The highest BCUT2D eigenvalue weighted by molar-refractivity contribution is 5.62. The summed E-state index contributed by atoms with van der Waals surface area (Å²) >= 11 is 0. The minimum atomic E-state index is -1.48. The highest BCUT2D eigenvalue weighted by Gasteiger charge is 2.10. The fraction of sp³-hybridized carbons (Fsp3) is 0.111. The molecule has 0 aliphatic carbocycles. The van der Waals surface area contributed by atoms with Crippen molar-refractivity contribution >= 4 is 5.70 Å². The summed E-state index contributed by atoms with van der Waals surface area (Å²) in [5, 5.41) is 0.